The number of nitrogens with one attached hydrogen (secondary N) is 1. The van der Waals surface area contributed by atoms with Gasteiger partial charge in [0.25, 0.3) is 0 Å². The molecule has 4 heteroatoms. The fourth-order valence-electron chi connectivity index (χ4n) is 2.81. The first-order valence-electron chi connectivity index (χ1n) is 6.89. The van der Waals surface area contributed by atoms with E-state index in [0.717, 1.165) is 12.1 Å². The summed E-state index contributed by atoms with van der Waals surface area (Å²) in [6, 6.07) is 7.56. The van der Waals surface area contributed by atoms with Gasteiger partial charge in [0, 0.05) is 5.69 Å². The summed E-state index contributed by atoms with van der Waals surface area (Å²) in [7, 11) is 1.38. The zero-order valence-corrected chi connectivity index (χ0v) is 12.8. The van der Waals surface area contributed by atoms with Crippen LogP contribution in [-0.2, 0) is 9.47 Å². The van der Waals surface area contributed by atoms with Crippen molar-refractivity contribution in [2.24, 2.45) is 0 Å². The number of esters is 1. The van der Waals surface area contributed by atoms with Crippen molar-refractivity contribution < 1.29 is 14.3 Å². The van der Waals surface area contributed by atoms with Crippen molar-refractivity contribution in [2.75, 3.05) is 12.4 Å². The topological polar surface area (TPSA) is 47.6 Å². The van der Waals surface area contributed by atoms with Gasteiger partial charge in [-0.3, -0.25) is 0 Å². The Morgan fingerprint density at radius 3 is 2.30 bits per heavy atom. The Morgan fingerprint density at radius 2 is 1.85 bits per heavy atom. The number of methoxy groups -OCH3 is 1. The third-order valence-electron chi connectivity index (χ3n) is 3.72. The quantitative estimate of drug-likeness (QED) is 0.862. The van der Waals surface area contributed by atoms with Crippen molar-refractivity contribution in [1.29, 1.82) is 0 Å². The third-order valence-corrected chi connectivity index (χ3v) is 3.72. The van der Waals surface area contributed by atoms with Crippen LogP contribution < -0.4 is 5.32 Å². The maximum absolute atomic E-state index is 11.4. The Bertz CT molecular complexity index is 491. The predicted molar refractivity (Wildman–Crippen MR) is 79.1 cm³/mol. The Kier molecular flexibility index (Phi) is 3.78. The smallest absolute Gasteiger partial charge is 0.337 e. The van der Waals surface area contributed by atoms with Gasteiger partial charge in [-0.1, -0.05) is 0 Å². The van der Waals surface area contributed by atoms with Crippen LogP contribution in [0.25, 0.3) is 0 Å². The van der Waals surface area contributed by atoms with Crippen LogP contribution in [-0.4, -0.2) is 30.3 Å². The number of anilines is 1. The Hall–Kier alpha value is -1.55. The van der Waals surface area contributed by atoms with Crippen LogP contribution in [0.3, 0.4) is 0 Å². The van der Waals surface area contributed by atoms with E-state index in [1.54, 1.807) is 12.1 Å². The first-order valence-corrected chi connectivity index (χ1v) is 6.89. The van der Waals surface area contributed by atoms with E-state index in [0.29, 0.717) is 5.56 Å². The van der Waals surface area contributed by atoms with E-state index in [1.165, 1.54) is 7.11 Å². The monoisotopic (exact) mass is 277 g/mol. The number of benzene rings is 1. The highest BCUT2D eigenvalue weighted by molar-refractivity contribution is 5.89. The van der Waals surface area contributed by atoms with E-state index in [-0.39, 0.29) is 23.2 Å². The summed E-state index contributed by atoms with van der Waals surface area (Å²) in [6.07, 6.45) is 0.943. The van der Waals surface area contributed by atoms with E-state index >= 15 is 0 Å². The molecule has 0 saturated carbocycles. The van der Waals surface area contributed by atoms with Gasteiger partial charge in [-0.2, -0.15) is 0 Å². The summed E-state index contributed by atoms with van der Waals surface area (Å²) in [5.41, 5.74) is 1.20. The highest BCUT2D eigenvalue weighted by Crippen LogP contribution is 2.38. The lowest BCUT2D eigenvalue weighted by Gasteiger charge is -2.28. The molecule has 1 aromatic rings. The molecule has 1 aromatic carbocycles. The molecular weight excluding hydrogens is 254 g/mol. The van der Waals surface area contributed by atoms with Crippen molar-refractivity contribution in [2.45, 2.75) is 51.4 Å². The van der Waals surface area contributed by atoms with E-state index in [1.807, 2.05) is 12.1 Å². The lowest BCUT2D eigenvalue weighted by Crippen LogP contribution is -2.38. The molecule has 0 bridgehead atoms. The molecule has 110 valence electrons. The summed E-state index contributed by atoms with van der Waals surface area (Å²) < 4.78 is 10.8. The molecule has 0 radical (unpaired) electrons. The molecule has 1 heterocycles. The standard InChI is InChI=1S/C16H23NO3/c1-15(2)10-13(16(3,4)20-15)17-12-8-6-11(7-9-12)14(18)19-5/h6-9,13,17H,10H2,1-5H3. The molecule has 1 atom stereocenters. The second-order valence-electron chi connectivity index (χ2n) is 6.44. The van der Waals surface area contributed by atoms with Crippen molar-refractivity contribution in [3.05, 3.63) is 29.8 Å². The van der Waals surface area contributed by atoms with Crippen molar-refractivity contribution in [3.8, 4) is 0 Å². The number of rotatable bonds is 3. The molecule has 20 heavy (non-hydrogen) atoms. The molecule has 1 saturated heterocycles. The summed E-state index contributed by atoms with van der Waals surface area (Å²) >= 11 is 0. The van der Waals surface area contributed by atoms with E-state index in [2.05, 4.69) is 33.0 Å². The third kappa shape index (κ3) is 3.12. The van der Waals surface area contributed by atoms with Gasteiger partial charge in [0.2, 0.25) is 0 Å². The largest absolute Gasteiger partial charge is 0.465 e. The van der Waals surface area contributed by atoms with Crippen molar-refractivity contribution >= 4 is 11.7 Å². The van der Waals surface area contributed by atoms with E-state index < -0.39 is 0 Å². The molecule has 0 aliphatic carbocycles. The average molecular weight is 277 g/mol. The van der Waals surface area contributed by atoms with Gasteiger partial charge in [-0.05, 0) is 58.4 Å². The van der Waals surface area contributed by atoms with Crippen molar-refractivity contribution in [1.82, 2.24) is 0 Å². The van der Waals surface area contributed by atoms with Gasteiger partial charge >= 0.3 is 5.97 Å². The van der Waals surface area contributed by atoms with E-state index in [4.69, 9.17) is 9.47 Å². The highest BCUT2D eigenvalue weighted by Gasteiger charge is 2.45. The second-order valence-corrected chi connectivity index (χ2v) is 6.44. The number of carbonyl (C=O) groups is 1. The number of ether oxygens (including phenoxy) is 2. The minimum absolute atomic E-state index is 0.118. The second kappa shape index (κ2) is 5.09. The van der Waals surface area contributed by atoms with Gasteiger partial charge in [0.15, 0.2) is 0 Å². The summed E-state index contributed by atoms with van der Waals surface area (Å²) in [5, 5.41) is 3.49. The normalized spacial score (nSPS) is 23.4. The lowest BCUT2D eigenvalue weighted by molar-refractivity contribution is -0.0662. The van der Waals surface area contributed by atoms with Crippen LogP contribution in [0.4, 0.5) is 5.69 Å². The first kappa shape index (κ1) is 14.9. The number of carbonyl (C=O) groups excluding carboxylic acids is 1. The predicted octanol–water partition coefficient (Wildman–Crippen LogP) is 3.23. The van der Waals surface area contributed by atoms with Crippen LogP contribution in [0, 0.1) is 0 Å². The highest BCUT2D eigenvalue weighted by atomic mass is 16.5. The number of hydrogen-bond acceptors (Lipinski definition) is 4. The molecule has 2 rings (SSSR count). The maximum atomic E-state index is 11.4. The zero-order valence-electron chi connectivity index (χ0n) is 12.8. The zero-order chi connectivity index (χ0) is 15.0. The lowest BCUT2D eigenvalue weighted by atomic mass is 9.94. The SMILES string of the molecule is COC(=O)c1ccc(NC2CC(C)(C)OC2(C)C)cc1. The van der Waals surface area contributed by atoms with Gasteiger partial charge in [0.05, 0.1) is 29.9 Å². The fourth-order valence-corrected chi connectivity index (χ4v) is 2.81. The summed E-state index contributed by atoms with van der Waals surface area (Å²) in [4.78, 5) is 11.4. The summed E-state index contributed by atoms with van der Waals surface area (Å²) in [5.74, 6) is -0.317. The fraction of sp³-hybridized carbons (Fsp3) is 0.562. The molecule has 1 aliphatic rings. The minimum Gasteiger partial charge on any atom is -0.465 e. The molecule has 1 fully saturated rings. The molecule has 0 amide bonds. The maximum Gasteiger partial charge on any atom is 0.337 e. The van der Waals surface area contributed by atoms with Gasteiger partial charge in [-0.15, -0.1) is 0 Å². The van der Waals surface area contributed by atoms with Gasteiger partial charge < -0.3 is 14.8 Å². The molecular formula is C16H23NO3. The molecule has 0 aromatic heterocycles. The van der Waals surface area contributed by atoms with Crippen molar-refractivity contribution in [3.63, 3.8) is 0 Å². The van der Waals surface area contributed by atoms with Crippen LogP contribution >= 0.6 is 0 Å². The first-order chi connectivity index (χ1) is 9.23. The van der Waals surface area contributed by atoms with E-state index in [9.17, 15) is 4.79 Å². The Labute approximate surface area is 120 Å². The molecule has 1 N–H and O–H groups in total. The summed E-state index contributed by atoms with van der Waals surface area (Å²) in [6.45, 7) is 8.41. The minimum atomic E-state index is -0.317. The molecule has 1 unspecified atom stereocenters. The van der Waals surface area contributed by atoms with Gasteiger partial charge in [-0.25, -0.2) is 4.79 Å². The van der Waals surface area contributed by atoms with Crippen LogP contribution in [0.15, 0.2) is 24.3 Å². The average Bonchev–Trinajstić information content (AvgIpc) is 2.57. The molecule has 0 spiro atoms. The van der Waals surface area contributed by atoms with Crippen LogP contribution in [0.5, 0.6) is 0 Å². The Morgan fingerprint density at radius 1 is 1.25 bits per heavy atom. The Balaban J connectivity index is 2.09. The molecule has 4 nitrogen and oxygen atoms in total. The van der Waals surface area contributed by atoms with Gasteiger partial charge in [0.1, 0.15) is 0 Å². The van der Waals surface area contributed by atoms with Crippen LogP contribution in [0.1, 0.15) is 44.5 Å². The molecule has 1 aliphatic heterocycles. The van der Waals surface area contributed by atoms with Crippen LogP contribution in [0.2, 0.25) is 0 Å². The number of hydrogen-bond donors (Lipinski definition) is 1.